The number of anilines is 1. The molecule has 0 saturated carbocycles. The van der Waals surface area contributed by atoms with Crippen molar-refractivity contribution in [3.05, 3.63) is 34.8 Å². The van der Waals surface area contributed by atoms with E-state index in [4.69, 9.17) is 9.15 Å². The Kier molecular flexibility index (Phi) is 5.76. The van der Waals surface area contributed by atoms with Crippen molar-refractivity contribution in [1.82, 2.24) is 15.3 Å². The molecular formula is C20H24N4O3S. The third-order valence-corrected chi connectivity index (χ3v) is 5.83. The summed E-state index contributed by atoms with van der Waals surface area (Å²) in [6, 6.07) is 6.24. The molecule has 1 aliphatic rings. The standard InChI is InChI=1S/C20H24N4O3S/c1-26-15-4-5-17-16(12-15)23-20(27-17)24-9-2-3-14(13-24)11-18(25)21-7-6-19-22-8-10-28-19/h4-5,8,10,12,14H,2-3,6-7,9,11,13H2,1H3,(H,21,25). The Morgan fingerprint density at radius 2 is 2.39 bits per heavy atom. The van der Waals surface area contributed by atoms with Crippen LogP contribution in [0.15, 0.2) is 34.2 Å². The van der Waals surface area contributed by atoms with Crippen molar-refractivity contribution in [1.29, 1.82) is 0 Å². The fraction of sp³-hybridized carbons (Fsp3) is 0.450. The van der Waals surface area contributed by atoms with Crippen LogP contribution < -0.4 is 15.0 Å². The lowest BCUT2D eigenvalue weighted by Crippen LogP contribution is -2.38. The highest BCUT2D eigenvalue weighted by atomic mass is 32.1. The van der Waals surface area contributed by atoms with Gasteiger partial charge in [0.15, 0.2) is 5.58 Å². The van der Waals surface area contributed by atoms with Crippen LogP contribution in [0.25, 0.3) is 11.1 Å². The molecule has 0 spiro atoms. The molecule has 3 aromatic rings. The minimum absolute atomic E-state index is 0.103. The monoisotopic (exact) mass is 400 g/mol. The molecule has 1 N–H and O–H groups in total. The molecule has 0 aliphatic carbocycles. The fourth-order valence-corrected chi connectivity index (χ4v) is 4.20. The maximum Gasteiger partial charge on any atom is 0.298 e. The Morgan fingerprint density at radius 3 is 3.21 bits per heavy atom. The molecule has 0 radical (unpaired) electrons. The molecule has 1 aliphatic heterocycles. The van der Waals surface area contributed by atoms with Crippen LogP contribution in [-0.4, -0.2) is 42.6 Å². The van der Waals surface area contributed by atoms with E-state index in [-0.39, 0.29) is 5.91 Å². The first-order valence-corrected chi connectivity index (χ1v) is 10.4. The van der Waals surface area contributed by atoms with Crippen LogP contribution in [0, 0.1) is 5.92 Å². The summed E-state index contributed by atoms with van der Waals surface area (Å²) in [5.41, 5.74) is 1.54. The Labute approximate surface area is 167 Å². The summed E-state index contributed by atoms with van der Waals surface area (Å²) < 4.78 is 11.2. The van der Waals surface area contributed by atoms with Crippen LogP contribution in [-0.2, 0) is 11.2 Å². The first kappa shape index (κ1) is 18.7. The number of hydrogen-bond donors (Lipinski definition) is 1. The summed E-state index contributed by atoms with van der Waals surface area (Å²) in [6.07, 6.45) is 5.18. The molecule has 3 heterocycles. The second kappa shape index (κ2) is 8.60. The maximum absolute atomic E-state index is 12.3. The van der Waals surface area contributed by atoms with Gasteiger partial charge in [-0.3, -0.25) is 4.79 Å². The number of benzene rings is 1. The zero-order chi connectivity index (χ0) is 19.3. The minimum atomic E-state index is 0.103. The molecule has 1 fully saturated rings. The number of aromatic nitrogens is 2. The van der Waals surface area contributed by atoms with E-state index in [1.165, 1.54) is 0 Å². The van der Waals surface area contributed by atoms with Gasteiger partial charge in [0.1, 0.15) is 11.3 Å². The molecule has 4 rings (SSSR count). The van der Waals surface area contributed by atoms with Gasteiger partial charge in [0.25, 0.3) is 6.01 Å². The van der Waals surface area contributed by atoms with E-state index in [9.17, 15) is 4.79 Å². The fourth-order valence-electron chi connectivity index (χ4n) is 3.58. The van der Waals surface area contributed by atoms with E-state index < -0.39 is 0 Å². The van der Waals surface area contributed by atoms with Crippen molar-refractivity contribution >= 4 is 34.4 Å². The average molecular weight is 401 g/mol. The molecule has 1 aromatic carbocycles. The number of carbonyl (C=O) groups is 1. The summed E-state index contributed by atoms with van der Waals surface area (Å²) in [6.45, 7) is 2.31. The molecular weight excluding hydrogens is 376 g/mol. The van der Waals surface area contributed by atoms with Gasteiger partial charge in [-0.1, -0.05) is 0 Å². The number of fused-ring (bicyclic) bond motifs is 1. The van der Waals surface area contributed by atoms with E-state index >= 15 is 0 Å². The highest BCUT2D eigenvalue weighted by Crippen LogP contribution is 2.29. The number of oxazole rings is 1. The third-order valence-electron chi connectivity index (χ3n) is 4.99. The lowest BCUT2D eigenvalue weighted by atomic mass is 9.94. The predicted molar refractivity (Wildman–Crippen MR) is 109 cm³/mol. The van der Waals surface area contributed by atoms with Crippen molar-refractivity contribution in [3.8, 4) is 5.75 Å². The van der Waals surface area contributed by atoms with Crippen molar-refractivity contribution in [3.63, 3.8) is 0 Å². The summed E-state index contributed by atoms with van der Waals surface area (Å²) in [5, 5.41) is 6.02. The third kappa shape index (κ3) is 4.44. The number of hydrogen-bond acceptors (Lipinski definition) is 7. The van der Waals surface area contributed by atoms with Crippen LogP contribution in [0.2, 0.25) is 0 Å². The van der Waals surface area contributed by atoms with E-state index in [0.29, 0.717) is 24.9 Å². The van der Waals surface area contributed by atoms with Crippen LogP contribution in [0.3, 0.4) is 0 Å². The molecule has 1 atom stereocenters. The van der Waals surface area contributed by atoms with Crippen LogP contribution in [0.4, 0.5) is 6.01 Å². The van der Waals surface area contributed by atoms with Crippen molar-refractivity contribution in [2.24, 2.45) is 5.92 Å². The highest BCUT2D eigenvalue weighted by molar-refractivity contribution is 7.09. The quantitative estimate of drug-likeness (QED) is 0.656. The van der Waals surface area contributed by atoms with Crippen LogP contribution in [0.1, 0.15) is 24.3 Å². The van der Waals surface area contributed by atoms with Crippen LogP contribution in [0.5, 0.6) is 5.75 Å². The zero-order valence-electron chi connectivity index (χ0n) is 15.9. The molecule has 2 aromatic heterocycles. The Hall–Kier alpha value is -2.61. The average Bonchev–Trinajstić information content (AvgIpc) is 3.37. The van der Waals surface area contributed by atoms with Gasteiger partial charge in [-0.05, 0) is 30.9 Å². The van der Waals surface area contributed by atoms with Gasteiger partial charge in [-0.2, -0.15) is 4.98 Å². The maximum atomic E-state index is 12.3. The number of nitrogens with one attached hydrogen (secondary N) is 1. The number of nitrogens with zero attached hydrogens (tertiary/aromatic N) is 3. The number of rotatable bonds is 7. The second-order valence-corrected chi connectivity index (χ2v) is 7.99. The van der Waals surface area contributed by atoms with Gasteiger partial charge in [-0.25, -0.2) is 4.98 Å². The van der Waals surface area contributed by atoms with Crippen molar-refractivity contribution < 1.29 is 13.9 Å². The Bertz CT molecular complexity index is 925. The van der Waals surface area contributed by atoms with Crippen molar-refractivity contribution in [2.75, 3.05) is 31.6 Å². The summed E-state index contributed by atoms with van der Waals surface area (Å²) >= 11 is 1.62. The molecule has 0 bridgehead atoms. The molecule has 148 valence electrons. The number of ether oxygens (including phenoxy) is 1. The summed E-state index contributed by atoms with van der Waals surface area (Å²) in [5.74, 6) is 1.17. The Balaban J connectivity index is 1.31. The SMILES string of the molecule is COc1ccc2oc(N3CCCC(CC(=O)NCCc4nccs4)C3)nc2c1. The van der Waals surface area contributed by atoms with Gasteiger partial charge in [0.05, 0.1) is 12.1 Å². The highest BCUT2D eigenvalue weighted by Gasteiger charge is 2.25. The van der Waals surface area contributed by atoms with E-state index in [2.05, 4.69) is 20.2 Å². The topological polar surface area (TPSA) is 80.5 Å². The van der Waals surface area contributed by atoms with Gasteiger partial charge >= 0.3 is 0 Å². The second-order valence-electron chi connectivity index (χ2n) is 7.01. The largest absolute Gasteiger partial charge is 0.497 e. The van der Waals surface area contributed by atoms with E-state index in [0.717, 1.165) is 54.2 Å². The first-order valence-electron chi connectivity index (χ1n) is 9.56. The number of amides is 1. The molecule has 1 amide bonds. The van der Waals surface area contributed by atoms with Gasteiger partial charge in [0, 0.05) is 50.1 Å². The van der Waals surface area contributed by atoms with Crippen LogP contribution >= 0.6 is 11.3 Å². The molecule has 7 nitrogen and oxygen atoms in total. The van der Waals surface area contributed by atoms with Gasteiger partial charge in [-0.15, -0.1) is 11.3 Å². The summed E-state index contributed by atoms with van der Waals surface area (Å²) in [7, 11) is 1.64. The van der Waals surface area contributed by atoms with E-state index in [1.807, 2.05) is 23.6 Å². The lowest BCUT2D eigenvalue weighted by molar-refractivity contribution is -0.122. The van der Waals surface area contributed by atoms with Gasteiger partial charge in [0.2, 0.25) is 5.91 Å². The van der Waals surface area contributed by atoms with Crippen molar-refractivity contribution in [2.45, 2.75) is 25.7 Å². The number of methoxy groups -OCH3 is 1. The first-order chi connectivity index (χ1) is 13.7. The number of thiazole rings is 1. The minimum Gasteiger partial charge on any atom is -0.497 e. The molecule has 8 heteroatoms. The predicted octanol–water partition coefficient (Wildman–Crippen LogP) is 3.26. The lowest BCUT2D eigenvalue weighted by Gasteiger charge is -2.31. The summed E-state index contributed by atoms with van der Waals surface area (Å²) in [4.78, 5) is 23.3. The smallest absolute Gasteiger partial charge is 0.298 e. The molecule has 28 heavy (non-hydrogen) atoms. The molecule has 1 unspecified atom stereocenters. The normalized spacial score (nSPS) is 17.0. The Morgan fingerprint density at radius 1 is 1.46 bits per heavy atom. The van der Waals surface area contributed by atoms with E-state index in [1.54, 1.807) is 24.6 Å². The van der Waals surface area contributed by atoms with Gasteiger partial charge < -0.3 is 19.4 Å². The number of piperidine rings is 1. The number of carbonyl (C=O) groups excluding carboxylic acids is 1. The zero-order valence-corrected chi connectivity index (χ0v) is 16.7. The molecule has 1 saturated heterocycles.